The summed E-state index contributed by atoms with van der Waals surface area (Å²) in [5.41, 5.74) is 5.16. The summed E-state index contributed by atoms with van der Waals surface area (Å²) in [5.74, 6) is 0.245. The van der Waals surface area contributed by atoms with Crippen molar-refractivity contribution in [1.29, 1.82) is 0 Å². The molecular weight excluding hydrogens is 412 g/mol. The largest absolute Gasteiger partial charge is 0.483 e. The van der Waals surface area contributed by atoms with Gasteiger partial charge in [0.2, 0.25) is 5.91 Å². The SMILES string of the molecule is CNC(=O)[C@H](Cc1ccccc1)N(Cc1ccccc1C)C(=O)COc1cccc(C)c1C. The number of amides is 2. The monoisotopic (exact) mass is 444 g/mol. The molecular formula is C28H32N2O3. The number of carbonyl (C=O) groups excluding carboxylic acids is 2. The van der Waals surface area contributed by atoms with Gasteiger partial charge in [-0.3, -0.25) is 9.59 Å². The number of hydrogen-bond donors (Lipinski definition) is 1. The van der Waals surface area contributed by atoms with E-state index in [0.717, 1.165) is 27.8 Å². The molecule has 0 heterocycles. The lowest BCUT2D eigenvalue weighted by Gasteiger charge is -2.31. The predicted octanol–water partition coefficient (Wildman–Crippen LogP) is 4.38. The van der Waals surface area contributed by atoms with Gasteiger partial charge in [-0.1, -0.05) is 66.7 Å². The van der Waals surface area contributed by atoms with E-state index in [1.807, 2.05) is 93.6 Å². The van der Waals surface area contributed by atoms with Crippen molar-refractivity contribution in [1.82, 2.24) is 10.2 Å². The third-order valence-corrected chi connectivity index (χ3v) is 6.03. The van der Waals surface area contributed by atoms with Crippen LogP contribution in [0.5, 0.6) is 5.75 Å². The smallest absolute Gasteiger partial charge is 0.261 e. The maximum atomic E-state index is 13.5. The summed E-state index contributed by atoms with van der Waals surface area (Å²) in [7, 11) is 1.60. The Labute approximate surface area is 196 Å². The molecule has 0 unspecified atom stereocenters. The number of nitrogens with zero attached hydrogens (tertiary/aromatic N) is 1. The normalized spacial score (nSPS) is 11.5. The summed E-state index contributed by atoms with van der Waals surface area (Å²) in [6.07, 6.45) is 0.418. The second-order valence-corrected chi connectivity index (χ2v) is 8.25. The van der Waals surface area contributed by atoms with Crippen molar-refractivity contribution in [3.8, 4) is 5.75 Å². The van der Waals surface area contributed by atoms with E-state index in [4.69, 9.17) is 4.74 Å². The van der Waals surface area contributed by atoms with Crippen molar-refractivity contribution in [2.45, 2.75) is 39.8 Å². The highest BCUT2D eigenvalue weighted by atomic mass is 16.5. The van der Waals surface area contributed by atoms with Gasteiger partial charge in [0, 0.05) is 20.0 Å². The second kappa shape index (κ2) is 11.3. The molecule has 0 spiro atoms. The Balaban J connectivity index is 1.90. The molecule has 0 aliphatic rings. The lowest BCUT2D eigenvalue weighted by molar-refractivity contribution is -0.142. The number of rotatable bonds is 9. The first-order valence-electron chi connectivity index (χ1n) is 11.2. The number of nitrogens with one attached hydrogen (secondary N) is 1. The van der Waals surface area contributed by atoms with Gasteiger partial charge in [0.1, 0.15) is 11.8 Å². The van der Waals surface area contributed by atoms with E-state index >= 15 is 0 Å². The van der Waals surface area contributed by atoms with Gasteiger partial charge >= 0.3 is 0 Å². The van der Waals surface area contributed by atoms with E-state index in [2.05, 4.69) is 5.32 Å². The highest BCUT2D eigenvalue weighted by Crippen LogP contribution is 2.22. The van der Waals surface area contributed by atoms with Gasteiger partial charge in [-0.2, -0.15) is 0 Å². The molecule has 3 aromatic carbocycles. The van der Waals surface area contributed by atoms with E-state index in [1.165, 1.54) is 0 Å². The van der Waals surface area contributed by atoms with Crippen LogP contribution in [0.3, 0.4) is 0 Å². The minimum Gasteiger partial charge on any atom is -0.483 e. The van der Waals surface area contributed by atoms with Crippen molar-refractivity contribution in [3.63, 3.8) is 0 Å². The summed E-state index contributed by atoms with van der Waals surface area (Å²) in [5, 5.41) is 2.74. The van der Waals surface area contributed by atoms with Crippen LogP contribution in [0.2, 0.25) is 0 Å². The average Bonchev–Trinajstić information content (AvgIpc) is 2.83. The van der Waals surface area contributed by atoms with Gasteiger partial charge in [-0.25, -0.2) is 0 Å². The minimum absolute atomic E-state index is 0.140. The highest BCUT2D eigenvalue weighted by Gasteiger charge is 2.30. The number of carbonyl (C=O) groups is 2. The third kappa shape index (κ3) is 6.22. The molecule has 2 amide bonds. The van der Waals surface area contributed by atoms with Crippen LogP contribution >= 0.6 is 0 Å². The van der Waals surface area contributed by atoms with Crippen molar-refractivity contribution >= 4 is 11.8 Å². The van der Waals surface area contributed by atoms with Crippen molar-refractivity contribution in [3.05, 3.63) is 101 Å². The molecule has 0 aliphatic carbocycles. The quantitative estimate of drug-likeness (QED) is 0.533. The zero-order chi connectivity index (χ0) is 23.8. The number of ether oxygens (including phenoxy) is 1. The Kier molecular flexibility index (Phi) is 8.25. The number of aryl methyl sites for hydroxylation is 2. The zero-order valence-electron chi connectivity index (χ0n) is 19.8. The van der Waals surface area contributed by atoms with E-state index in [9.17, 15) is 9.59 Å². The van der Waals surface area contributed by atoms with Gasteiger partial charge in [0.25, 0.3) is 5.91 Å². The number of benzene rings is 3. The fourth-order valence-electron chi connectivity index (χ4n) is 3.79. The molecule has 0 saturated heterocycles. The second-order valence-electron chi connectivity index (χ2n) is 8.25. The molecule has 0 saturated carbocycles. The van der Waals surface area contributed by atoms with Gasteiger partial charge in [-0.05, 0) is 54.7 Å². The highest BCUT2D eigenvalue weighted by molar-refractivity contribution is 5.88. The van der Waals surface area contributed by atoms with Crippen LogP contribution in [0.25, 0.3) is 0 Å². The van der Waals surface area contributed by atoms with Crippen LogP contribution in [0.4, 0.5) is 0 Å². The predicted molar refractivity (Wildman–Crippen MR) is 131 cm³/mol. The fraction of sp³-hybridized carbons (Fsp3) is 0.286. The molecule has 172 valence electrons. The van der Waals surface area contributed by atoms with Gasteiger partial charge in [0.15, 0.2) is 6.61 Å². The Hall–Kier alpha value is -3.60. The maximum Gasteiger partial charge on any atom is 0.261 e. The first-order valence-corrected chi connectivity index (χ1v) is 11.2. The average molecular weight is 445 g/mol. The van der Waals surface area contributed by atoms with E-state index in [0.29, 0.717) is 18.7 Å². The Morgan fingerprint density at radius 2 is 1.55 bits per heavy atom. The number of likely N-dealkylation sites (N-methyl/N-ethyl adjacent to an activating group) is 1. The lowest BCUT2D eigenvalue weighted by atomic mass is 10.0. The molecule has 0 aliphatic heterocycles. The van der Waals surface area contributed by atoms with Gasteiger partial charge in [-0.15, -0.1) is 0 Å². The minimum atomic E-state index is -0.660. The molecule has 1 atom stereocenters. The topological polar surface area (TPSA) is 58.6 Å². The molecule has 3 rings (SSSR count). The molecule has 3 aromatic rings. The van der Waals surface area contributed by atoms with Crippen LogP contribution in [-0.4, -0.2) is 36.4 Å². The molecule has 0 fully saturated rings. The first-order chi connectivity index (χ1) is 15.9. The van der Waals surface area contributed by atoms with Crippen LogP contribution in [0.15, 0.2) is 72.8 Å². The fourth-order valence-corrected chi connectivity index (χ4v) is 3.79. The molecule has 33 heavy (non-hydrogen) atoms. The first kappa shape index (κ1) is 24.1. The Morgan fingerprint density at radius 1 is 0.879 bits per heavy atom. The standard InChI is InChI=1S/C28H32N2O3/c1-20-12-10-16-26(22(20)3)33-19-27(31)30(18-24-15-9-8-11-21(24)2)25(28(32)29-4)17-23-13-6-5-7-14-23/h5-16,25H,17-19H2,1-4H3,(H,29,32)/t25-/m0/s1. The molecule has 1 N–H and O–H groups in total. The maximum absolute atomic E-state index is 13.5. The van der Waals surface area contributed by atoms with E-state index in [-0.39, 0.29) is 18.4 Å². The molecule has 0 aromatic heterocycles. The van der Waals surface area contributed by atoms with Crippen molar-refractivity contribution in [2.24, 2.45) is 0 Å². The Morgan fingerprint density at radius 3 is 2.24 bits per heavy atom. The summed E-state index contributed by atoms with van der Waals surface area (Å²) >= 11 is 0. The molecule has 0 radical (unpaired) electrons. The lowest BCUT2D eigenvalue weighted by Crippen LogP contribution is -2.51. The van der Waals surface area contributed by atoms with Gasteiger partial charge in [0.05, 0.1) is 0 Å². The summed E-state index contributed by atoms with van der Waals surface area (Å²) < 4.78 is 5.92. The van der Waals surface area contributed by atoms with Crippen LogP contribution < -0.4 is 10.1 Å². The zero-order valence-corrected chi connectivity index (χ0v) is 19.8. The van der Waals surface area contributed by atoms with E-state index < -0.39 is 6.04 Å². The molecule has 5 heteroatoms. The van der Waals surface area contributed by atoms with Gasteiger partial charge < -0.3 is 15.0 Å². The summed E-state index contributed by atoms with van der Waals surface area (Å²) in [4.78, 5) is 28.1. The van der Waals surface area contributed by atoms with Crippen LogP contribution in [-0.2, 0) is 22.6 Å². The molecule has 5 nitrogen and oxygen atoms in total. The third-order valence-electron chi connectivity index (χ3n) is 6.03. The van der Waals surface area contributed by atoms with Crippen molar-refractivity contribution < 1.29 is 14.3 Å². The van der Waals surface area contributed by atoms with Crippen LogP contribution in [0.1, 0.15) is 27.8 Å². The van der Waals surface area contributed by atoms with Crippen LogP contribution in [0, 0.1) is 20.8 Å². The molecule has 0 bridgehead atoms. The summed E-state index contributed by atoms with van der Waals surface area (Å²) in [6, 6.07) is 22.8. The summed E-state index contributed by atoms with van der Waals surface area (Å²) in [6.45, 7) is 6.18. The van der Waals surface area contributed by atoms with Crippen molar-refractivity contribution in [2.75, 3.05) is 13.7 Å². The van der Waals surface area contributed by atoms with E-state index in [1.54, 1.807) is 11.9 Å². The number of hydrogen-bond acceptors (Lipinski definition) is 3. The Bertz CT molecular complexity index is 1100.